The second kappa shape index (κ2) is 5.47. The molecule has 0 aliphatic rings. The summed E-state index contributed by atoms with van der Waals surface area (Å²) < 4.78 is 30.8. The maximum absolute atomic E-state index is 11.8. The van der Waals surface area contributed by atoms with Crippen LogP contribution in [0.15, 0.2) is 22.7 Å². The van der Waals surface area contributed by atoms with Gasteiger partial charge in [0, 0.05) is 18.8 Å². The van der Waals surface area contributed by atoms with Gasteiger partial charge >= 0.3 is 0 Å². The quantitative estimate of drug-likeness (QED) is 0.797. The number of nitrogens with zero attached hydrogens (tertiary/aromatic N) is 3. The number of nitrogens with two attached hydrogens (primary N) is 1. The van der Waals surface area contributed by atoms with E-state index in [-0.39, 0.29) is 16.0 Å². The standard InChI is InChI=1S/C9H11N5O3S2/c1-17-7-3-2-6(4-11-7)5-12-19(15,16)9-14-13-8(10)18-9/h2-4,12H,5H2,1H3,(H2,10,13). The molecular weight excluding hydrogens is 290 g/mol. The van der Waals surface area contributed by atoms with Crippen molar-refractivity contribution in [1.82, 2.24) is 19.9 Å². The summed E-state index contributed by atoms with van der Waals surface area (Å²) in [4.78, 5) is 3.97. The molecule has 2 rings (SSSR count). The molecule has 3 N–H and O–H groups in total. The summed E-state index contributed by atoms with van der Waals surface area (Å²) in [5.74, 6) is 0.462. The summed E-state index contributed by atoms with van der Waals surface area (Å²) in [7, 11) is -2.19. The van der Waals surface area contributed by atoms with Crippen LogP contribution < -0.4 is 15.2 Å². The molecule has 2 heterocycles. The van der Waals surface area contributed by atoms with Gasteiger partial charge in [0.2, 0.25) is 15.4 Å². The third kappa shape index (κ3) is 3.36. The van der Waals surface area contributed by atoms with Gasteiger partial charge in [-0.25, -0.2) is 18.1 Å². The van der Waals surface area contributed by atoms with Gasteiger partial charge < -0.3 is 10.5 Å². The molecule has 0 aliphatic heterocycles. The summed E-state index contributed by atoms with van der Waals surface area (Å²) in [6, 6.07) is 3.36. The molecule has 19 heavy (non-hydrogen) atoms. The Bertz CT molecular complexity index is 653. The minimum Gasteiger partial charge on any atom is -0.481 e. The molecule has 0 atom stereocenters. The summed E-state index contributed by atoms with van der Waals surface area (Å²) >= 11 is 0.805. The van der Waals surface area contributed by atoms with E-state index in [2.05, 4.69) is 19.9 Å². The van der Waals surface area contributed by atoms with Gasteiger partial charge in [-0.3, -0.25) is 0 Å². The molecule has 0 fully saturated rings. The molecule has 0 saturated carbocycles. The maximum atomic E-state index is 11.8. The molecule has 0 spiro atoms. The first-order valence-corrected chi connectivity index (χ1v) is 7.39. The molecule has 0 amide bonds. The van der Waals surface area contributed by atoms with Crippen molar-refractivity contribution in [2.24, 2.45) is 0 Å². The second-order valence-electron chi connectivity index (χ2n) is 3.44. The normalized spacial score (nSPS) is 11.4. The number of methoxy groups -OCH3 is 1. The van der Waals surface area contributed by atoms with Crippen LogP contribution in [0.25, 0.3) is 0 Å². The molecular formula is C9H11N5O3S2. The van der Waals surface area contributed by atoms with Gasteiger partial charge in [-0.1, -0.05) is 17.4 Å². The Kier molecular flexibility index (Phi) is 3.93. The van der Waals surface area contributed by atoms with E-state index in [4.69, 9.17) is 10.5 Å². The van der Waals surface area contributed by atoms with Crippen LogP contribution in [0.2, 0.25) is 0 Å². The molecule has 0 radical (unpaired) electrons. The molecule has 2 aromatic rings. The lowest BCUT2D eigenvalue weighted by Gasteiger charge is -2.04. The Morgan fingerprint density at radius 3 is 2.74 bits per heavy atom. The van der Waals surface area contributed by atoms with Crippen molar-refractivity contribution in [1.29, 1.82) is 0 Å². The summed E-state index contributed by atoms with van der Waals surface area (Å²) in [6.45, 7) is 0.0960. The lowest BCUT2D eigenvalue weighted by molar-refractivity contribution is 0.397. The van der Waals surface area contributed by atoms with E-state index in [9.17, 15) is 8.42 Å². The fourth-order valence-corrected chi connectivity index (χ4v) is 3.05. The SMILES string of the molecule is COc1ccc(CNS(=O)(=O)c2nnc(N)s2)cn1. The fraction of sp³-hybridized carbons (Fsp3) is 0.222. The molecule has 2 aromatic heterocycles. The van der Waals surface area contributed by atoms with Crippen LogP contribution >= 0.6 is 11.3 Å². The molecule has 10 heteroatoms. The highest BCUT2D eigenvalue weighted by Crippen LogP contribution is 2.16. The number of ether oxygens (including phenoxy) is 1. The smallest absolute Gasteiger partial charge is 0.270 e. The highest BCUT2D eigenvalue weighted by Gasteiger charge is 2.19. The van der Waals surface area contributed by atoms with E-state index >= 15 is 0 Å². The first-order valence-electron chi connectivity index (χ1n) is 5.09. The van der Waals surface area contributed by atoms with Crippen LogP contribution in [0.4, 0.5) is 5.13 Å². The van der Waals surface area contributed by atoms with Crippen molar-refractivity contribution in [2.75, 3.05) is 12.8 Å². The number of nitrogen functional groups attached to an aromatic ring is 1. The number of pyridine rings is 1. The van der Waals surface area contributed by atoms with Crippen LogP contribution in [0.3, 0.4) is 0 Å². The Balaban J connectivity index is 2.05. The largest absolute Gasteiger partial charge is 0.481 e. The molecule has 0 aromatic carbocycles. The van der Waals surface area contributed by atoms with E-state index in [0.717, 1.165) is 11.3 Å². The van der Waals surface area contributed by atoms with Crippen molar-refractivity contribution >= 4 is 26.5 Å². The Hall–Kier alpha value is -1.78. The predicted molar refractivity (Wildman–Crippen MR) is 69.1 cm³/mol. The van der Waals surface area contributed by atoms with Gasteiger partial charge in [0.15, 0.2) is 0 Å². The molecule has 102 valence electrons. The maximum Gasteiger partial charge on any atom is 0.270 e. The summed E-state index contributed by atoms with van der Waals surface area (Å²) in [5, 5.41) is 7.05. The van der Waals surface area contributed by atoms with E-state index < -0.39 is 10.0 Å². The molecule has 8 nitrogen and oxygen atoms in total. The average Bonchev–Trinajstić information content (AvgIpc) is 2.85. The van der Waals surface area contributed by atoms with Crippen molar-refractivity contribution in [3.63, 3.8) is 0 Å². The number of hydrogen-bond acceptors (Lipinski definition) is 8. The lowest BCUT2D eigenvalue weighted by Crippen LogP contribution is -2.23. The second-order valence-corrected chi connectivity index (χ2v) is 6.39. The average molecular weight is 301 g/mol. The van der Waals surface area contributed by atoms with E-state index in [1.54, 1.807) is 12.1 Å². The topological polar surface area (TPSA) is 120 Å². The van der Waals surface area contributed by atoms with Crippen LogP contribution in [-0.2, 0) is 16.6 Å². The van der Waals surface area contributed by atoms with Crippen molar-refractivity contribution in [2.45, 2.75) is 10.9 Å². The zero-order chi connectivity index (χ0) is 13.9. The van der Waals surface area contributed by atoms with Crippen LogP contribution in [0.5, 0.6) is 5.88 Å². The first kappa shape index (κ1) is 13.6. The lowest BCUT2D eigenvalue weighted by atomic mass is 10.3. The monoisotopic (exact) mass is 301 g/mol. The Morgan fingerprint density at radius 1 is 1.42 bits per heavy atom. The summed E-state index contributed by atoms with van der Waals surface area (Å²) in [6.07, 6.45) is 1.52. The molecule has 0 saturated heterocycles. The Labute approximate surface area is 113 Å². The minimum atomic E-state index is -3.70. The number of hydrogen-bond donors (Lipinski definition) is 2. The number of nitrogens with one attached hydrogen (secondary N) is 1. The molecule has 0 unspecified atom stereocenters. The van der Waals surface area contributed by atoms with Crippen molar-refractivity contribution in [3.05, 3.63) is 23.9 Å². The van der Waals surface area contributed by atoms with Gasteiger partial charge in [0.05, 0.1) is 7.11 Å². The zero-order valence-electron chi connectivity index (χ0n) is 9.90. The van der Waals surface area contributed by atoms with E-state index in [1.165, 1.54) is 13.3 Å². The zero-order valence-corrected chi connectivity index (χ0v) is 11.5. The fourth-order valence-electron chi connectivity index (χ4n) is 1.21. The van der Waals surface area contributed by atoms with Gasteiger partial charge in [-0.2, -0.15) is 0 Å². The summed E-state index contributed by atoms with van der Waals surface area (Å²) in [5.41, 5.74) is 6.04. The van der Waals surface area contributed by atoms with Crippen LogP contribution in [-0.4, -0.2) is 30.7 Å². The molecule has 0 aliphatic carbocycles. The van der Waals surface area contributed by atoms with Crippen molar-refractivity contribution < 1.29 is 13.2 Å². The van der Waals surface area contributed by atoms with Crippen molar-refractivity contribution in [3.8, 4) is 5.88 Å². The number of anilines is 1. The number of rotatable bonds is 5. The molecule has 0 bridgehead atoms. The van der Waals surface area contributed by atoms with Crippen LogP contribution in [0.1, 0.15) is 5.56 Å². The highest BCUT2D eigenvalue weighted by molar-refractivity contribution is 7.91. The number of sulfonamides is 1. The first-order chi connectivity index (χ1) is 9.01. The van der Waals surface area contributed by atoms with E-state index in [0.29, 0.717) is 11.4 Å². The third-order valence-electron chi connectivity index (χ3n) is 2.13. The van der Waals surface area contributed by atoms with Gasteiger partial charge in [-0.15, -0.1) is 10.2 Å². The minimum absolute atomic E-state index is 0.0960. The number of aromatic nitrogens is 3. The Morgan fingerprint density at radius 2 is 2.21 bits per heavy atom. The van der Waals surface area contributed by atoms with Gasteiger partial charge in [0.1, 0.15) is 0 Å². The van der Waals surface area contributed by atoms with Crippen LogP contribution in [0, 0.1) is 0 Å². The third-order valence-corrected chi connectivity index (χ3v) is 4.65. The highest BCUT2D eigenvalue weighted by atomic mass is 32.2. The predicted octanol–water partition coefficient (Wildman–Crippen LogP) is 0.00240. The van der Waals surface area contributed by atoms with Gasteiger partial charge in [-0.05, 0) is 5.56 Å². The van der Waals surface area contributed by atoms with Gasteiger partial charge in [0.25, 0.3) is 10.0 Å². The van der Waals surface area contributed by atoms with E-state index in [1.807, 2.05) is 0 Å².